The van der Waals surface area contributed by atoms with E-state index < -0.39 is 12.0 Å². The van der Waals surface area contributed by atoms with Gasteiger partial charge in [-0.2, -0.15) is 0 Å². The zero-order chi connectivity index (χ0) is 15.8. The molecule has 0 spiro atoms. The minimum Gasteiger partial charge on any atom is -0.489 e. The number of rotatable bonds is 6. The van der Waals surface area contributed by atoms with Crippen molar-refractivity contribution >= 4 is 5.97 Å². The van der Waals surface area contributed by atoms with Gasteiger partial charge in [-0.15, -0.1) is 0 Å². The molecule has 0 aliphatic heterocycles. The molecule has 2 aromatic carbocycles. The normalized spacial score (nSPS) is 11.3. The van der Waals surface area contributed by atoms with Gasteiger partial charge < -0.3 is 14.3 Å². The maximum absolute atomic E-state index is 11.4. The van der Waals surface area contributed by atoms with E-state index in [0.29, 0.717) is 13.0 Å². The first kappa shape index (κ1) is 15.6. The lowest BCUT2D eigenvalue weighted by atomic mass is 10.1. The van der Waals surface area contributed by atoms with Gasteiger partial charge >= 0.3 is 12.0 Å². The quantitative estimate of drug-likeness (QED) is 0.606. The number of ether oxygens (including phenoxy) is 2. The number of hydrogen-bond acceptors (Lipinski definition) is 3. The smallest absolute Gasteiger partial charge is 0.390 e. The highest BCUT2D eigenvalue weighted by molar-refractivity contribution is 5.77. The SMILES string of the molecule is [C-]#[N+]C(Cc1ccc(OCc2ccccc2)cc1)C(=O)OC. The van der Waals surface area contributed by atoms with Crippen LogP contribution in [-0.4, -0.2) is 19.1 Å². The number of carbonyl (C=O) groups is 1. The van der Waals surface area contributed by atoms with E-state index in [2.05, 4.69) is 9.58 Å². The third kappa shape index (κ3) is 4.35. The van der Waals surface area contributed by atoms with Crippen molar-refractivity contribution < 1.29 is 14.3 Å². The van der Waals surface area contributed by atoms with Crippen LogP contribution in [0.3, 0.4) is 0 Å². The molecule has 1 unspecified atom stereocenters. The Morgan fingerprint density at radius 1 is 1.09 bits per heavy atom. The average Bonchev–Trinajstić information content (AvgIpc) is 2.59. The molecule has 0 N–H and O–H groups in total. The molecule has 0 aromatic heterocycles. The summed E-state index contributed by atoms with van der Waals surface area (Å²) in [6, 6.07) is 16.5. The second kappa shape index (κ2) is 7.84. The average molecular weight is 295 g/mol. The van der Waals surface area contributed by atoms with Crippen molar-refractivity contribution in [1.29, 1.82) is 0 Å². The molecule has 0 saturated heterocycles. The highest BCUT2D eigenvalue weighted by Crippen LogP contribution is 2.16. The van der Waals surface area contributed by atoms with E-state index in [1.807, 2.05) is 54.6 Å². The first-order chi connectivity index (χ1) is 10.7. The van der Waals surface area contributed by atoms with Crippen molar-refractivity contribution in [2.45, 2.75) is 19.1 Å². The van der Waals surface area contributed by atoms with Crippen molar-refractivity contribution in [1.82, 2.24) is 0 Å². The molecule has 0 bridgehead atoms. The summed E-state index contributed by atoms with van der Waals surface area (Å²) in [5.74, 6) is 0.254. The van der Waals surface area contributed by atoms with Crippen LogP contribution in [0.5, 0.6) is 5.75 Å². The van der Waals surface area contributed by atoms with Gasteiger partial charge in [-0.25, -0.2) is 11.4 Å². The fraction of sp³-hybridized carbons (Fsp3) is 0.222. The van der Waals surface area contributed by atoms with E-state index >= 15 is 0 Å². The lowest BCUT2D eigenvalue weighted by Gasteiger charge is -2.08. The third-order valence-corrected chi connectivity index (χ3v) is 3.23. The number of hydrogen-bond donors (Lipinski definition) is 0. The van der Waals surface area contributed by atoms with Gasteiger partial charge in [0.1, 0.15) is 12.4 Å². The van der Waals surface area contributed by atoms with Crippen LogP contribution in [0.15, 0.2) is 54.6 Å². The first-order valence-corrected chi connectivity index (χ1v) is 6.93. The van der Waals surface area contributed by atoms with Gasteiger partial charge in [0.15, 0.2) is 0 Å². The number of nitrogens with zero attached hydrogens (tertiary/aromatic N) is 1. The minimum atomic E-state index is -0.791. The Morgan fingerprint density at radius 2 is 1.77 bits per heavy atom. The van der Waals surface area contributed by atoms with Gasteiger partial charge in [-0.05, 0) is 23.3 Å². The molecule has 112 valence electrons. The molecular formula is C18H17NO3. The summed E-state index contributed by atoms with van der Waals surface area (Å²) >= 11 is 0. The van der Waals surface area contributed by atoms with E-state index in [9.17, 15) is 4.79 Å². The molecule has 0 heterocycles. The van der Waals surface area contributed by atoms with E-state index in [1.54, 1.807) is 0 Å². The first-order valence-electron chi connectivity index (χ1n) is 6.93. The fourth-order valence-corrected chi connectivity index (χ4v) is 2.00. The Balaban J connectivity index is 1.93. The lowest BCUT2D eigenvalue weighted by molar-refractivity contribution is -0.141. The minimum absolute atomic E-state index is 0.342. The van der Waals surface area contributed by atoms with Crippen LogP contribution in [-0.2, 0) is 22.6 Å². The van der Waals surface area contributed by atoms with E-state index in [-0.39, 0.29) is 0 Å². The maximum Gasteiger partial charge on any atom is 0.390 e. The molecule has 4 heteroatoms. The number of benzene rings is 2. The molecule has 0 radical (unpaired) electrons. The molecular weight excluding hydrogens is 278 g/mol. The predicted molar refractivity (Wildman–Crippen MR) is 83.3 cm³/mol. The monoisotopic (exact) mass is 295 g/mol. The second-order valence-corrected chi connectivity index (χ2v) is 4.79. The Labute approximate surface area is 130 Å². The summed E-state index contributed by atoms with van der Waals surface area (Å²) in [5, 5.41) is 0. The fourth-order valence-electron chi connectivity index (χ4n) is 2.00. The number of esters is 1. The molecule has 0 saturated carbocycles. The Kier molecular flexibility index (Phi) is 5.56. The largest absolute Gasteiger partial charge is 0.489 e. The number of methoxy groups -OCH3 is 1. The van der Waals surface area contributed by atoms with Crippen LogP contribution in [0.4, 0.5) is 0 Å². The highest BCUT2D eigenvalue weighted by atomic mass is 16.5. The van der Waals surface area contributed by atoms with Gasteiger partial charge in [-0.3, -0.25) is 0 Å². The second-order valence-electron chi connectivity index (χ2n) is 4.79. The Hall–Kier alpha value is -2.80. The molecule has 2 aromatic rings. The van der Waals surface area contributed by atoms with Gasteiger partial charge in [-0.1, -0.05) is 42.5 Å². The zero-order valence-corrected chi connectivity index (χ0v) is 12.4. The molecule has 0 aliphatic carbocycles. The van der Waals surface area contributed by atoms with Crippen molar-refractivity contribution in [2.24, 2.45) is 0 Å². The van der Waals surface area contributed by atoms with Crippen LogP contribution in [0.25, 0.3) is 4.85 Å². The Morgan fingerprint density at radius 3 is 2.36 bits per heavy atom. The molecule has 0 fully saturated rings. The summed E-state index contributed by atoms with van der Waals surface area (Å²) < 4.78 is 10.3. The lowest BCUT2D eigenvalue weighted by Crippen LogP contribution is -2.20. The van der Waals surface area contributed by atoms with Crippen molar-refractivity contribution in [3.63, 3.8) is 0 Å². The van der Waals surface area contributed by atoms with Crippen molar-refractivity contribution in [2.75, 3.05) is 7.11 Å². The van der Waals surface area contributed by atoms with E-state index in [0.717, 1.165) is 16.9 Å². The van der Waals surface area contributed by atoms with Crippen LogP contribution in [0, 0.1) is 6.57 Å². The van der Waals surface area contributed by atoms with Crippen LogP contribution < -0.4 is 4.74 Å². The van der Waals surface area contributed by atoms with Crippen LogP contribution in [0.2, 0.25) is 0 Å². The third-order valence-electron chi connectivity index (χ3n) is 3.23. The molecule has 22 heavy (non-hydrogen) atoms. The summed E-state index contributed by atoms with van der Waals surface area (Å²) in [6.07, 6.45) is 0.342. The molecule has 0 aliphatic rings. The van der Waals surface area contributed by atoms with Gasteiger partial charge in [0.25, 0.3) is 0 Å². The number of carbonyl (C=O) groups excluding carboxylic acids is 1. The summed E-state index contributed by atoms with van der Waals surface area (Å²) in [5.41, 5.74) is 2.00. The summed E-state index contributed by atoms with van der Waals surface area (Å²) in [6.45, 7) is 7.55. The van der Waals surface area contributed by atoms with Crippen LogP contribution >= 0.6 is 0 Å². The molecule has 2 rings (SSSR count). The van der Waals surface area contributed by atoms with Gasteiger partial charge in [0.2, 0.25) is 0 Å². The predicted octanol–water partition coefficient (Wildman–Crippen LogP) is 3.27. The maximum atomic E-state index is 11.4. The van der Waals surface area contributed by atoms with Crippen LogP contribution in [0.1, 0.15) is 11.1 Å². The van der Waals surface area contributed by atoms with Crippen molar-refractivity contribution in [3.8, 4) is 5.75 Å². The molecule has 4 nitrogen and oxygen atoms in total. The summed E-state index contributed by atoms with van der Waals surface area (Å²) in [4.78, 5) is 14.7. The van der Waals surface area contributed by atoms with E-state index in [4.69, 9.17) is 11.3 Å². The van der Waals surface area contributed by atoms with Crippen molar-refractivity contribution in [3.05, 3.63) is 77.1 Å². The Bertz CT molecular complexity index is 644. The molecule has 0 amide bonds. The highest BCUT2D eigenvalue weighted by Gasteiger charge is 2.24. The van der Waals surface area contributed by atoms with Gasteiger partial charge in [0.05, 0.1) is 13.5 Å². The standard InChI is InChI=1S/C18H17NO3/c1-19-17(18(20)21-2)12-14-8-10-16(11-9-14)22-13-15-6-4-3-5-7-15/h3-11,17H,12-13H2,2H3. The zero-order valence-electron chi connectivity index (χ0n) is 12.4. The van der Waals surface area contributed by atoms with E-state index in [1.165, 1.54) is 7.11 Å². The topological polar surface area (TPSA) is 39.9 Å². The van der Waals surface area contributed by atoms with Gasteiger partial charge in [0, 0.05) is 0 Å². The summed E-state index contributed by atoms with van der Waals surface area (Å²) in [7, 11) is 1.29. The molecule has 1 atom stereocenters.